The fraction of sp³-hybridized carbons (Fsp3) is 0.350. The number of amides is 1. The first kappa shape index (κ1) is 17.5. The Hall–Kier alpha value is -2.37. The van der Waals surface area contributed by atoms with Gasteiger partial charge in [-0.2, -0.15) is 0 Å². The van der Waals surface area contributed by atoms with Crippen molar-refractivity contribution in [2.45, 2.75) is 19.1 Å². The van der Waals surface area contributed by atoms with E-state index < -0.39 is 6.10 Å². The maximum atomic E-state index is 12.1. The number of nitrogens with zero attached hydrogens (tertiary/aromatic N) is 1. The van der Waals surface area contributed by atoms with E-state index in [0.717, 1.165) is 19.5 Å². The lowest BCUT2D eigenvalue weighted by atomic mass is 10.00. The molecular formula is C20H24N2O3. The van der Waals surface area contributed by atoms with Gasteiger partial charge in [0, 0.05) is 31.7 Å². The number of rotatable bonds is 6. The summed E-state index contributed by atoms with van der Waals surface area (Å²) < 4.78 is 5.08. The number of ether oxygens (including phenoxy) is 1. The number of carbonyl (C=O) groups excluding carboxylic acids is 1. The molecule has 132 valence electrons. The van der Waals surface area contributed by atoms with E-state index in [1.54, 1.807) is 31.4 Å². The first-order chi connectivity index (χ1) is 12.2. The summed E-state index contributed by atoms with van der Waals surface area (Å²) in [4.78, 5) is 14.4. The van der Waals surface area contributed by atoms with Gasteiger partial charge in [-0.15, -0.1) is 0 Å². The predicted octanol–water partition coefficient (Wildman–Crippen LogP) is 1.84. The summed E-state index contributed by atoms with van der Waals surface area (Å²) in [6.07, 6.45) is 0.411. The van der Waals surface area contributed by atoms with Gasteiger partial charge in [-0.05, 0) is 41.8 Å². The second-order valence-electron chi connectivity index (χ2n) is 6.35. The van der Waals surface area contributed by atoms with Gasteiger partial charge in [-0.1, -0.05) is 24.3 Å². The molecule has 2 aromatic carbocycles. The van der Waals surface area contributed by atoms with Crippen LogP contribution in [0.1, 0.15) is 21.5 Å². The number of carbonyl (C=O) groups is 1. The van der Waals surface area contributed by atoms with E-state index in [1.165, 1.54) is 11.1 Å². The molecule has 1 atom stereocenters. The van der Waals surface area contributed by atoms with Crippen molar-refractivity contribution in [3.8, 4) is 5.75 Å². The van der Waals surface area contributed by atoms with Crippen LogP contribution >= 0.6 is 0 Å². The normalized spacial score (nSPS) is 15.3. The standard InChI is InChI=1S/C20H24N2O3/c1-25-19-8-6-16(7-9-19)20(24)21-12-18(23)14-22-11-10-15-4-2-3-5-17(15)13-22/h2-9,18,23H,10-14H2,1H3,(H,21,24). The predicted molar refractivity (Wildman–Crippen MR) is 96.8 cm³/mol. The van der Waals surface area contributed by atoms with Gasteiger partial charge in [0.05, 0.1) is 13.2 Å². The number of nitrogens with one attached hydrogen (secondary N) is 1. The molecule has 1 aliphatic rings. The van der Waals surface area contributed by atoms with Crippen LogP contribution < -0.4 is 10.1 Å². The number of methoxy groups -OCH3 is 1. The quantitative estimate of drug-likeness (QED) is 0.842. The van der Waals surface area contributed by atoms with Crippen molar-refractivity contribution in [3.05, 3.63) is 65.2 Å². The van der Waals surface area contributed by atoms with Crippen molar-refractivity contribution in [2.75, 3.05) is 26.7 Å². The molecule has 0 saturated heterocycles. The topological polar surface area (TPSA) is 61.8 Å². The fourth-order valence-electron chi connectivity index (χ4n) is 3.13. The molecule has 2 N–H and O–H groups in total. The second kappa shape index (κ2) is 8.14. The zero-order valence-corrected chi connectivity index (χ0v) is 14.4. The molecule has 5 heteroatoms. The maximum absolute atomic E-state index is 12.1. The summed E-state index contributed by atoms with van der Waals surface area (Å²) in [5, 5.41) is 13.0. The Balaban J connectivity index is 1.46. The van der Waals surface area contributed by atoms with E-state index in [-0.39, 0.29) is 12.5 Å². The van der Waals surface area contributed by atoms with E-state index >= 15 is 0 Å². The third-order valence-electron chi connectivity index (χ3n) is 4.53. The van der Waals surface area contributed by atoms with Crippen molar-refractivity contribution in [3.63, 3.8) is 0 Å². The van der Waals surface area contributed by atoms with Crippen molar-refractivity contribution in [2.24, 2.45) is 0 Å². The van der Waals surface area contributed by atoms with E-state index in [0.29, 0.717) is 17.9 Å². The molecule has 3 rings (SSSR count). The lowest BCUT2D eigenvalue weighted by Gasteiger charge is -2.30. The number of hydrogen-bond donors (Lipinski definition) is 2. The van der Waals surface area contributed by atoms with Crippen LogP contribution in [0.2, 0.25) is 0 Å². The zero-order valence-electron chi connectivity index (χ0n) is 14.4. The lowest BCUT2D eigenvalue weighted by Crippen LogP contribution is -2.42. The van der Waals surface area contributed by atoms with Gasteiger partial charge in [0.2, 0.25) is 0 Å². The molecule has 0 bridgehead atoms. The highest BCUT2D eigenvalue weighted by molar-refractivity contribution is 5.94. The highest BCUT2D eigenvalue weighted by Crippen LogP contribution is 2.18. The Bertz CT molecular complexity index is 715. The molecule has 1 amide bonds. The van der Waals surface area contributed by atoms with Crippen LogP contribution in [-0.4, -0.2) is 48.8 Å². The second-order valence-corrected chi connectivity index (χ2v) is 6.35. The average molecular weight is 340 g/mol. The Morgan fingerprint density at radius 3 is 2.64 bits per heavy atom. The molecule has 0 aliphatic carbocycles. The molecule has 0 spiro atoms. The van der Waals surface area contributed by atoms with Crippen molar-refractivity contribution in [1.82, 2.24) is 10.2 Å². The molecule has 0 fully saturated rings. The molecule has 25 heavy (non-hydrogen) atoms. The molecule has 1 heterocycles. The summed E-state index contributed by atoms with van der Waals surface area (Å²) in [6.45, 7) is 2.57. The highest BCUT2D eigenvalue weighted by Gasteiger charge is 2.18. The SMILES string of the molecule is COc1ccc(C(=O)NCC(O)CN2CCc3ccccc3C2)cc1. The van der Waals surface area contributed by atoms with Gasteiger partial charge in [0.15, 0.2) is 0 Å². The minimum Gasteiger partial charge on any atom is -0.497 e. The highest BCUT2D eigenvalue weighted by atomic mass is 16.5. The Morgan fingerprint density at radius 1 is 1.20 bits per heavy atom. The lowest BCUT2D eigenvalue weighted by molar-refractivity contribution is 0.0842. The molecule has 5 nitrogen and oxygen atoms in total. The third-order valence-corrected chi connectivity index (χ3v) is 4.53. The van der Waals surface area contributed by atoms with Gasteiger partial charge < -0.3 is 15.2 Å². The van der Waals surface area contributed by atoms with Crippen molar-refractivity contribution >= 4 is 5.91 Å². The number of fused-ring (bicyclic) bond motifs is 1. The van der Waals surface area contributed by atoms with E-state index in [9.17, 15) is 9.90 Å². The summed E-state index contributed by atoms with van der Waals surface area (Å²) in [5.41, 5.74) is 3.27. The third kappa shape index (κ3) is 4.59. The first-order valence-electron chi connectivity index (χ1n) is 8.55. The number of benzene rings is 2. The summed E-state index contributed by atoms with van der Waals surface area (Å²) >= 11 is 0. The summed E-state index contributed by atoms with van der Waals surface area (Å²) in [6, 6.07) is 15.3. The average Bonchev–Trinajstić information content (AvgIpc) is 2.66. The number of hydrogen-bond acceptors (Lipinski definition) is 4. The van der Waals surface area contributed by atoms with Crippen LogP contribution in [0.15, 0.2) is 48.5 Å². The van der Waals surface area contributed by atoms with Gasteiger partial charge in [-0.25, -0.2) is 0 Å². The monoisotopic (exact) mass is 340 g/mol. The van der Waals surface area contributed by atoms with Gasteiger partial charge in [0.1, 0.15) is 5.75 Å². The molecule has 2 aromatic rings. The maximum Gasteiger partial charge on any atom is 0.251 e. The minimum atomic E-state index is -0.590. The van der Waals surface area contributed by atoms with Crippen LogP contribution in [-0.2, 0) is 13.0 Å². The van der Waals surface area contributed by atoms with E-state index in [4.69, 9.17) is 4.74 Å². The van der Waals surface area contributed by atoms with Crippen LogP contribution in [0.3, 0.4) is 0 Å². The van der Waals surface area contributed by atoms with Crippen molar-refractivity contribution < 1.29 is 14.6 Å². The Kier molecular flexibility index (Phi) is 5.68. The molecule has 1 aliphatic heterocycles. The van der Waals surface area contributed by atoms with E-state index in [1.807, 2.05) is 6.07 Å². The molecule has 0 aromatic heterocycles. The Labute approximate surface area is 148 Å². The number of aliphatic hydroxyl groups excluding tert-OH is 1. The van der Waals surface area contributed by atoms with Gasteiger partial charge in [-0.3, -0.25) is 9.69 Å². The Morgan fingerprint density at radius 2 is 1.92 bits per heavy atom. The molecular weight excluding hydrogens is 316 g/mol. The minimum absolute atomic E-state index is 0.189. The fourth-order valence-corrected chi connectivity index (χ4v) is 3.13. The van der Waals surface area contributed by atoms with Crippen molar-refractivity contribution in [1.29, 1.82) is 0 Å². The smallest absolute Gasteiger partial charge is 0.251 e. The van der Waals surface area contributed by atoms with E-state index in [2.05, 4.69) is 28.4 Å². The van der Waals surface area contributed by atoms with Gasteiger partial charge in [0.25, 0.3) is 5.91 Å². The number of aliphatic hydroxyl groups is 1. The zero-order chi connectivity index (χ0) is 17.6. The molecule has 0 radical (unpaired) electrons. The first-order valence-corrected chi connectivity index (χ1v) is 8.55. The largest absolute Gasteiger partial charge is 0.497 e. The summed E-state index contributed by atoms with van der Waals surface area (Å²) in [7, 11) is 1.59. The van der Waals surface area contributed by atoms with Crippen LogP contribution in [0.25, 0.3) is 0 Å². The molecule has 1 unspecified atom stereocenters. The van der Waals surface area contributed by atoms with Crippen LogP contribution in [0, 0.1) is 0 Å². The number of β-amino-alcohol motifs (C(OH)–C–C–N with tert-alkyl or cyclic N) is 1. The molecule has 0 saturated carbocycles. The summed E-state index contributed by atoms with van der Waals surface area (Å²) in [5.74, 6) is 0.521. The van der Waals surface area contributed by atoms with Crippen LogP contribution in [0.5, 0.6) is 5.75 Å². The van der Waals surface area contributed by atoms with Gasteiger partial charge >= 0.3 is 0 Å². The van der Waals surface area contributed by atoms with Crippen LogP contribution in [0.4, 0.5) is 0 Å².